The molecule has 0 aliphatic heterocycles. The van der Waals surface area contributed by atoms with Gasteiger partial charge in [-0.05, 0) is 17.7 Å². The van der Waals surface area contributed by atoms with Crippen molar-refractivity contribution < 1.29 is 24.1 Å². The maximum atomic E-state index is 11.3. The lowest BCUT2D eigenvalue weighted by Gasteiger charge is -2.13. The van der Waals surface area contributed by atoms with Gasteiger partial charge in [-0.15, -0.1) is 0 Å². The number of esters is 1. The van der Waals surface area contributed by atoms with E-state index < -0.39 is 12.1 Å². The van der Waals surface area contributed by atoms with Gasteiger partial charge in [-0.2, -0.15) is 0 Å². The van der Waals surface area contributed by atoms with Crippen molar-refractivity contribution >= 4 is 5.97 Å². The van der Waals surface area contributed by atoms with E-state index >= 15 is 0 Å². The quantitative estimate of drug-likeness (QED) is 0.781. The average molecular weight is 240 g/mol. The molecule has 0 bridgehead atoms. The van der Waals surface area contributed by atoms with Crippen LogP contribution in [0.15, 0.2) is 18.2 Å². The Labute approximate surface area is 99.9 Å². The minimum absolute atomic E-state index is 0.0586. The smallest absolute Gasteiger partial charge is 0.335 e. The summed E-state index contributed by atoms with van der Waals surface area (Å²) >= 11 is 0. The van der Waals surface area contributed by atoms with Crippen molar-refractivity contribution in [1.29, 1.82) is 0 Å². The average Bonchev–Trinajstić information content (AvgIpc) is 2.36. The lowest BCUT2D eigenvalue weighted by molar-refractivity contribution is -0.152. The van der Waals surface area contributed by atoms with E-state index in [-0.39, 0.29) is 5.75 Å². The van der Waals surface area contributed by atoms with Crippen LogP contribution in [0.3, 0.4) is 0 Å². The van der Waals surface area contributed by atoms with Gasteiger partial charge in [0.25, 0.3) is 0 Å². The van der Waals surface area contributed by atoms with Crippen molar-refractivity contribution in [2.45, 2.75) is 12.5 Å². The van der Waals surface area contributed by atoms with E-state index in [0.717, 1.165) is 5.56 Å². The van der Waals surface area contributed by atoms with Crippen molar-refractivity contribution in [3.05, 3.63) is 23.8 Å². The summed E-state index contributed by atoms with van der Waals surface area (Å²) in [6.45, 7) is 0. The normalized spacial score (nSPS) is 11.9. The standard InChI is InChI=1S/C12H16O5/c1-15-10-6-8(4-5-9(10)13)7-11(16-2)12(14)17-3/h4-6,11,13H,7H2,1-3H3/t11-/m0/s1. The van der Waals surface area contributed by atoms with Gasteiger partial charge in [0.2, 0.25) is 0 Å². The number of benzene rings is 1. The molecule has 5 heteroatoms. The molecule has 1 aromatic rings. The van der Waals surface area contributed by atoms with Gasteiger partial charge in [-0.1, -0.05) is 6.07 Å². The first-order chi connectivity index (χ1) is 8.12. The number of hydrogen-bond donors (Lipinski definition) is 1. The van der Waals surface area contributed by atoms with Crippen LogP contribution in [0.4, 0.5) is 0 Å². The van der Waals surface area contributed by atoms with Crippen LogP contribution in [-0.4, -0.2) is 38.5 Å². The monoisotopic (exact) mass is 240 g/mol. The second kappa shape index (κ2) is 6.10. The largest absolute Gasteiger partial charge is 0.504 e. The van der Waals surface area contributed by atoms with Crippen LogP contribution in [0.1, 0.15) is 5.56 Å². The molecular formula is C12H16O5. The van der Waals surface area contributed by atoms with Crippen molar-refractivity contribution in [3.8, 4) is 11.5 Å². The summed E-state index contributed by atoms with van der Waals surface area (Å²) in [6.07, 6.45) is -0.297. The van der Waals surface area contributed by atoms with Crippen LogP contribution in [0.5, 0.6) is 11.5 Å². The molecule has 1 atom stereocenters. The fraction of sp³-hybridized carbons (Fsp3) is 0.417. The number of carbonyl (C=O) groups excluding carboxylic acids is 1. The summed E-state index contributed by atoms with van der Waals surface area (Å²) in [5.74, 6) is -0.00922. The zero-order chi connectivity index (χ0) is 12.8. The highest BCUT2D eigenvalue weighted by Crippen LogP contribution is 2.26. The van der Waals surface area contributed by atoms with Gasteiger partial charge in [0.15, 0.2) is 17.6 Å². The van der Waals surface area contributed by atoms with Gasteiger partial charge in [-0.25, -0.2) is 4.79 Å². The van der Waals surface area contributed by atoms with E-state index in [9.17, 15) is 9.90 Å². The van der Waals surface area contributed by atoms with E-state index in [1.165, 1.54) is 27.4 Å². The van der Waals surface area contributed by atoms with Crippen molar-refractivity contribution in [2.24, 2.45) is 0 Å². The fourth-order valence-electron chi connectivity index (χ4n) is 1.46. The van der Waals surface area contributed by atoms with Gasteiger partial charge < -0.3 is 19.3 Å². The molecule has 94 valence electrons. The summed E-state index contributed by atoms with van der Waals surface area (Å²) in [5.41, 5.74) is 0.817. The molecular weight excluding hydrogens is 224 g/mol. The second-order valence-electron chi connectivity index (χ2n) is 3.46. The molecule has 0 radical (unpaired) electrons. The lowest BCUT2D eigenvalue weighted by atomic mass is 10.1. The number of rotatable bonds is 5. The van der Waals surface area contributed by atoms with Crippen LogP contribution in [0, 0.1) is 0 Å². The maximum Gasteiger partial charge on any atom is 0.335 e. The second-order valence-corrected chi connectivity index (χ2v) is 3.46. The first-order valence-corrected chi connectivity index (χ1v) is 5.08. The Hall–Kier alpha value is -1.75. The SMILES string of the molecule is COC(=O)[C@H](Cc1ccc(O)c(OC)c1)OC. The van der Waals surface area contributed by atoms with E-state index in [1.54, 1.807) is 12.1 Å². The third-order valence-corrected chi connectivity index (χ3v) is 2.41. The lowest BCUT2D eigenvalue weighted by Crippen LogP contribution is -2.26. The molecule has 0 heterocycles. The van der Waals surface area contributed by atoms with Gasteiger partial charge in [-0.3, -0.25) is 0 Å². The van der Waals surface area contributed by atoms with E-state index in [1.807, 2.05) is 0 Å². The number of hydrogen-bond acceptors (Lipinski definition) is 5. The summed E-state index contributed by atoms with van der Waals surface area (Å²) in [6, 6.07) is 4.87. The zero-order valence-electron chi connectivity index (χ0n) is 10.1. The Bertz CT molecular complexity index is 388. The topological polar surface area (TPSA) is 65.0 Å². The van der Waals surface area contributed by atoms with Crippen LogP contribution in [0.25, 0.3) is 0 Å². The van der Waals surface area contributed by atoms with E-state index in [0.29, 0.717) is 12.2 Å². The van der Waals surface area contributed by atoms with Gasteiger partial charge in [0.05, 0.1) is 14.2 Å². The zero-order valence-corrected chi connectivity index (χ0v) is 10.1. The third kappa shape index (κ3) is 3.35. The maximum absolute atomic E-state index is 11.3. The number of aromatic hydroxyl groups is 1. The summed E-state index contributed by atoms with van der Waals surface area (Å²) < 4.78 is 14.6. The first-order valence-electron chi connectivity index (χ1n) is 5.08. The van der Waals surface area contributed by atoms with E-state index in [2.05, 4.69) is 4.74 Å². The van der Waals surface area contributed by atoms with Crippen molar-refractivity contribution in [3.63, 3.8) is 0 Å². The van der Waals surface area contributed by atoms with E-state index in [4.69, 9.17) is 9.47 Å². The molecule has 0 aromatic heterocycles. The number of phenolic OH excluding ortho intramolecular Hbond substituents is 1. The Balaban J connectivity index is 2.83. The molecule has 0 fully saturated rings. The molecule has 17 heavy (non-hydrogen) atoms. The first kappa shape index (κ1) is 13.3. The van der Waals surface area contributed by atoms with Gasteiger partial charge in [0.1, 0.15) is 0 Å². The van der Waals surface area contributed by atoms with Crippen molar-refractivity contribution in [1.82, 2.24) is 0 Å². The Morgan fingerprint density at radius 3 is 2.59 bits per heavy atom. The van der Waals surface area contributed by atoms with Gasteiger partial charge in [0, 0.05) is 13.5 Å². The molecule has 0 spiro atoms. The molecule has 1 rings (SSSR count). The van der Waals surface area contributed by atoms with Crippen LogP contribution < -0.4 is 4.74 Å². The summed E-state index contributed by atoms with van der Waals surface area (Å²) in [4.78, 5) is 11.3. The minimum atomic E-state index is -0.658. The molecule has 0 amide bonds. The molecule has 1 aromatic carbocycles. The van der Waals surface area contributed by atoms with Crippen LogP contribution >= 0.6 is 0 Å². The number of methoxy groups -OCH3 is 3. The molecule has 0 unspecified atom stereocenters. The molecule has 0 aliphatic rings. The highest BCUT2D eigenvalue weighted by molar-refractivity contribution is 5.75. The molecule has 0 saturated carbocycles. The van der Waals surface area contributed by atoms with Crippen LogP contribution in [-0.2, 0) is 20.7 Å². The Kier molecular flexibility index (Phi) is 4.78. The Morgan fingerprint density at radius 2 is 2.06 bits per heavy atom. The number of phenols is 1. The molecule has 5 nitrogen and oxygen atoms in total. The predicted molar refractivity (Wildman–Crippen MR) is 61.2 cm³/mol. The predicted octanol–water partition coefficient (Wildman–Crippen LogP) is 1.13. The number of carbonyl (C=O) groups is 1. The summed E-state index contributed by atoms with van der Waals surface area (Å²) in [5, 5.41) is 9.43. The Morgan fingerprint density at radius 1 is 1.35 bits per heavy atom. The molecule has 0 aliphatic carbocycles. The summed E-state index contributed by atoms with van der Waals surface area (Å²) in [7, 11) is 4.22. The number of ether oxygens (including phenoxy) is 3. The minimum Gasteiger partial charge on any atom is -0.504 e. The highest BCUT2D eigenvalue weighted by Gasteiger charge is 2.19. The highest BCUT2D eigenvalue weighted by atomic mass is 16.6. The fourth-order valence-corrected chi connectivity index (χ4v) is 1.46. The molecule has 0 saturated heterocycles. The molecule has 1 N–H and O–H groups in total. The van der Waals surface area contributed by atoms with Gasteiger partial charge >= 0.3 is 5.97 Å². The van der Waals surface area contributed by atoms with Crippen molar-refractivity contribution in [2.75, 3.05) is 21.3 Å². The third-order valence-electron chi connectivity index (χ3n) is 2.41. The van der Waals surface area contributed by atoms with Crippen LogP contribution in [0.2, 0.25) is 0 Å².